The molecular weight excluding hydrogens is 246 g/mol. The van der Waals surface area contributed by atoms with Crippen molar-refractivity contribution in [1.29, 1.82) is 0 Å². The summed E-state index contributed by atoms with van der Waals surface area (Å²) >= 11 is 0. The van der Waals surface area contributed by atoms with Gasteiger partial charge in [-0.05, 0) is 54.3 Å². The van der Waals surface area contributed by atoms with Crippen LogP contribution in [0.1, 0.15) is 52.1 Å². The van der Waals surface area contributed by atoms with E-state index in [2.05, 4.69) is 64.3 Å². The zero-order valence-electron chi connectivity index (χ0n) is 13.4. The minimum absolute atomic E-state index is 0.393. The molecule has 0 spiro atoms. The van der Waals surface area contributed by atoms with Crippen LogP contribution in [-0.2, 0) is 0 Å². The van der Waals surface area contributed by atoms with Crippen molar-refractivity contribution in [3.8, 4) is 5.75 Å². The summed E-state index contributed by atoms with van der Waals surface area (Å²) in [4.78, 5) is 0. The Labute approximate surface area is 122 Å². The molecule has 2 aliphatic rings. The van der Waals surface area contributed by atoms with Gasteiger partial charge in [-0.3, -0.25) is 0 Å². The Kier molecular flexibility index (Phi) is 3.13. The molecule has 0 saturated heterocycles. The second-order valence-electron chi connectivity index (χ2n) is 7.57. The molecule has 20 heavy (non-hydrogen) atoms. The number of hydrogen-bond donors (Lipinski definition) is 1. The van der Waals surface area contributed by atoms with Gasteiger partial charge in [0.05, 0.1) is 6.10 Å². The molecule has 1 unspecified atom stereocenters. The molecule has 1 aromatic carbocycles. The highest BCUT2D eigenvalue weighted by molar-refractivity contribution is 5.33. The average molecular weight is 273 g/mol. The predicted molar refractivity (Wildman–Crippen MR) is 82.9 cm³/mol. The maximum atomic E-state index is 5.83. The Hall–Kier alpha value is -1.02. The highest BCUT2D eigenvalue weighted by Crippen LogP contribution is 2.72. The molecule has 1 atom stereocenters. The van der Waals surface area contributed by atoms with E-state index < -0.39 is 0 Å². The third-order valence-corrected chi connectivity index (χ3v) is 5.84. The maximum Gasteiger partial charge on any atom is 0.119 e. The summed E-state index contributed by atoms with van der Waals surface area (Å²) in [6.45, 7) is 9.53. The number of hydrogen-bond acceptors (Lipinski definition) is 2. The number of benzene rings is 1. The van der Waals surface area contributed by atoms with Crippen LogP contribution in [0.3, 0.4) is 0 Å². The fourth-order valence-electron chi connectivity index (χ4n) is 3.74. The smallest absolute Gasteiger partial charge is 0.119 e. The van der Waals surface area contributed by atoms with Gasteiger partial charge < -0.3 is 10.1 Å². The summed E-state index contributed by atoms with van der Waals surface area (Å²) in [6.07, 6.45) is 2.90. The topological polar surface area (TPSA) is 21.3 Å². The lowest BCUT2D eigenvalue weighted by molar-refractivity contribution is 0.303. The van der Waals surface area contributed by atoms with E-state index in [1.807, 2.05) is 0 Å². The predicted octanol–water partition coefficient (Wildman–Crippen LogP) is 4.17. The molecule has 3 rings (SSSR count). The van der Waals surface area contributed by atoms with Gasteiger partial charge in [-0.1, -0.05) is 39.8 Å². The summed E-state index contributed by atoms with van der Waals surface area (Å²) < 4.78 is 5.83. The van der Waals surface area contributed by atoms with Crippen molar-refractivity contribution in [2.24, 2.45) is 16.7 Å². The number of rotatable bonds is 5. The molecule has 2 aliphatic carbocycles. The lowest BCUT2D eigenvalue weighted by atomic mass is 9.96. The molecule has 0 aliphatic heterocycles. The van der Waals surface area contributed by atoms with Crippen LogP contribution in [0.2, 0.25) is 0 Å². The normalized spacial score (nSPS) is 25.2. The van der Waals surface area contributed by atoms with E-state index in [-0.39, 0.29) is 0 Å². The van der Waals surface area contributed by atoms with Crippen molar-refractivity contribution in [3.63, 3.8) is 0 Å². The van der Waals surface area contributed by atoms with Crippen LogP contribution in [0.25, 0.3) is 0 Å². The largest absolute Gasteiger partial charge is 0.490 e. The summed E-state index contributed by atoms with van der Waals surface area (Å²) in [5, 5.41) is 3.52. The quantitative estimate of drug-likeness (QED) is 0.869. The average Bonchev–Trinajstić information content (AvgIpc) is 3.26. The van der Waals surface area contributed by atoms with Crippen molar-refractivity contribution < 1.29 is 4.74 Å². The third kappa shape index (κ3) is 2.14. The summed E-state index contributed by atoms with van der Waals surface area (Å²) in [5.41, 5.74) is 2.16. The van der Waals surface area contributed by atoms with E-state index in [0.29, 0.717) is 28.9 Å². The minimum atomic E-state index is 0.393. The van der Waals surface area contributed by atoms with Crippen LogP contribution in [0, 0.1) is 16.7 Å². The second kappa shape index (κ2) is 4.49. The zero-order valence-corrected chi connectivity index (χ0v) is 13.4. The lowest BCUT2D eigenvalue weighted by Gasteiger charge is -2.19. The van der Waals surface area contributed by atoms with Crippen LogP contribution >= 0.6 is 0 Å². The van der Waals surface area contributed by atoms with E-state index in [1.165, 1.54) is 18.4 Å². The minimum Gasteiger partial charge on any atom is -0.490 e. The van der Waals surface area contributed by atoms with Gasteiger partial charge in [-0.15, -0.1) is 0 Å². The van der Waals surface area contributed by atoms with Crippen LogP contribution in [0.4, 0.5) is 0 Å². The van der Waals surface area contributed by atoms with Crippen molar-refractivity contribution in [1.82, 2.24) is 5.32 Å². The Morgan fingerprint density at radius 1 is 1.05 bits per heavy atom. The molecule has 110 valence electrons. The van der Waals surface area contributed by atoms with E-state index in [0.717, 1.165) is 5.75 Å². The first kappa shape index (κ1) is 13.9. The molecule has 0 aromatic heterocycles. The van der Waals surface area contributed by atoms with Gasteiger partial charge in [0, 0.05) is 6.04 Å². The Balaban J connectivity index is 1.76. The SMILES string of the molecule is CNC(c1ccc(OC2CC2)cc1)C1C(C)(C)C1(C)C. The van der Waals surface area contributed by atoms with Gasteiger partial charge in [0.15, 0.2) is 0 Å². The van der Waals surface area contributed by atoms with E-state index in [1.54, 1.807) is 0 Å². The van der Waals surface area contributed by atoms with Crippen molar-refractivity contribution >= 4 is 0 Å². The molecule has 2 heteroatoms. The Morgan fingerprint density at radius 2 is 1.60 bits per heavy atom. The van der Waals surface area contributed by atoms with Crippen molar-refractivity contribution in [2.45, 2.75) is 52.7 Å². The van der Waals surface area contributed by atoms with Crippen LogP contribution < -0.4 is 10.1 Å². The molecule has 1 aromatic rings. The fourth-order valence-corrected chi connectivity index (χ4v) is 3.74. The highest BCUT2D eigenvalue weighted by Gasteiger charge is 2.67. The first-order chi connectivity index (χ1) is 9.38. The molecule has 0 radical (unpaired) electrons. The number of nitrogens with one attached hydrogen (secondary N) is 1. The molecular formula is C18H27NO. The molecule has 0 bridgehead atoms. The van der Waals surface area contributed by atoms with Gasteiger partial charge in [-0.25, -0.2) is 0 Å². The molecule has 2 saturated carbocycles. The monoisotopic (exact) mass is 273 g/mol. The summed E-state index contributed by atoms with van der Waals surface area (Å²) in [6, 6.07) is 9.13. The first-order valence-electron chi connectivity index (χ1n) is 7.82. The highest BCUT2D eigenvalue weighted by atomic mass is 16.5. The molecule has 0 amide bonds. The Bertz CT molecular complexity index is 471. The first-order valence-corrected chi connectivity index (χ1v) is 7.82. The summed E-state index contributed by atoms with van der Waals surface area (Å²) in [5.74, 6) is 1.69. The van der Waals surface area contributed by atoms with Gasteiger partial charge in [-0.2, -0.15) is 0 Å². The van der Waals surface area contributed by atoms with Crippen LogP contribution in [0.5, 0.6) is 5.75 Å². The molecule has 2 nitrogen and oxygen atoms in total. The maximum absolute atomic E-state index is 5.83. The molecule has 1 N–H and O–H groups in total. The van der Waals surface area contributed by atoms with Gasteiger partial charge in [0.25, 0.3) is 0 Å². The van der Waals surface area contributed by atoms with E-state index in [4.69, 9.17) is 4.74 Å². The van der Waals surface area contributed by atoms with Crippen LogP contribution in [0.15, 0.2) is 24.3 Å². The van der Waals surface area contributed by atoms with Gasteiger partial charge in [0.2, 0.25) is 0 Å². The van der Waals surface area contributed by atoms with Gasteiger partial charge in [0.1, 0.15) is 5.75 Å². The lowest BCUT2D eigenvalue weighted by Crippen LogP contribution is -2.21. The zero-order chi connectivity index (χ0) is 14.5. The molecule has 2 fully saturated rings. The fraction of sp³-hybridized carbons (Fsp3) is 0.667. The third-order valence-electron chi connectivity index (χ3n) is 5.84. The summed E-state index contributed by atoms with van der Waals surface area (Å²) in [7, 11) is 2.07. The van der Waals surface area contributed by atoms with E-state index in [9.17, 15) is 0 Å². The second-order valence-corrected chi connectivity index (χ2v) is 7.57. The van der Waals surface area contributed by atoms with E-state index >= 15 is 0 Å². The van der Waals surface area contributed by atoms with Gasteiger partial charge >= 0.3 is 0 Å². The van der Waals surface area contributed by atoms with Crippen molar-refractivity contribution in [2.75, 3.05) is 7.05 Å². The van der Waals surface area contributed by atoms with Crippen molar-refractivity contribution in [3.05, 3.63) is 29.8 Å². The standard InChI is InChI=1S/C18H27NO/c1-17(2)16(18(17,3)4)15(19-5)12-6-8-13(9-7-12)20-14-10-11-14/h6-9,14-16,19H,10-11H2,1-5H3. The Morgan fingerprint density at radius 3 is 2.00 bits per heavy atom. The van der Waals surface area contributed by atoms with Crippen LogP contribution in [-0.4, -0.2) is 13.2 Å². The molecule has 0 heterocycles. The number of ether oxygens (including phenoxy) is 1.